The molecule has 0 aliphatic rings. The molecule has 3 atom stereocenters. The molecule has 0 amide bonds. The van der Waals surface area contributed by atoms with Crippen LogP contribution in [0.25, 0.3) is 0 Å². The predicted octanol–water partition coefficient (Wildman–Crippen LogP) is 9.65. The molecule has 0 radical (unpaired) electrons. The molecule has 176 valence electrons. The maximum Gasteiger partial charge on any atom is 0.0146 e. The molecule has 0 saturated heterocycles. The van der Waals surface area contributed by atoms with Crippen LogP contribution < -0.4 is 0 Å². The Morgan fingerprint density at radius 1 is 0.636 bits per heavy atom. The minimum absolute atomic E-state index is 0.0289. The molecule has 0 fully saturated rings. The molecular formula is C33H44. The van der Waals surface area contributed by atoms with E-state index in [9.17, 15) is 0 Å². The zero-order chi connectivity index (χ0) is 24.1. The second kappa shape index (κ2) is 10.7. The number of hydrogen-bond acceptors (Lipinski definition) is 0. The standard InChI is InChI=1S/C33H44/c1-8-25(3)32(4,5)24-30(27-16-12-10-13-17-27)33(6,7)31(28-18-14-11-15-19-28)29-22-20-26(9-2)21-23-29/h10-23,25,30-31H,8-9,24H2,1-7H3. The third kappa shape index (κ3) is 5.78. The summed E-state index contributed by atoms with van der Waals surface area (Å²) in [6.45, 7) is 16.9. The number of aryl methyl sites for hydroxylation is 1. The van der Waals surface area contributed by atoms with Crippen molar-refractivity contribution in [2.75, 3.05) is 0 Å². The summed E-state index contributed by atoms with van der Waals surface area (Å²) < 4.78 is 0. The van der Waals surface area contributed by atoms with Gasteiger partial charge in [0, 0.05) is 5.92 Å². The van der Waals surface area contributed by atoms with Gasteiger partial charge in [0.15, 0.2) is 0 Å². The fraction of sp³-hybridized carbons (Fsp3) is 0.455. The largest absolute Gasteiger partial charge is 0.0651 e. The first-order chi connectivity index (χ1) is 15.7. The second-order valence-electron chi connectivity index (χ2n) is 11.2. The van der Waals surface area contributed by atoms with Crippen LogP contribution in [-0.4, -0.2) is 0 Å². The van der Waals surface area contributed by atoms with E-state index >= 15 is 0 Å². The van der Waals surface area contributed by atoms with Gasteiger partial charge in [0.2, 0.25) is 0 Å². The lowest BCUT2D eigenvalue weighted by Gasteiger charge is -2.46. The molecule has 0 aliphatic heterocycles. The summed E-state index contributed by atoms with van der Waals surface area (Å²) in [6, 6.07) is 31.8. The molecule has 0 aromatic heterocycles. The Hall–Kier alpha value is -2.34. The Morgan fingerprint density at radius 2 is 1.12 bits per heavy atom. The number of rotatable bonds is 10. The van der Waals surface area contributed by atoms with Crippen molar-refractivity contribution in [1.29, 1.82) is 0 Å². The monoisotopic (exact) mass is 440 g/mol. The molecule has 0 saturated carbocycles. The van der Waals surface area contributed by atoms with E-state index in [1.807, 2.05) is 0 Å². The van der Waals surface area contributed by atoms with Crippen molar-refractivity contribution in [2.24, 2.45) is 16.7 Å². The summed E-state index contributed by atoms with van der Waals surface area (Å²) in [4.78, 5) is 0. The Morgan fingerprint density at radius 3 is 1.61 bits per heavy atom. The van der Waals surface area contributed by atoms with Gasteiger partial charge in [0.25, 0.3) is 0 Å². The molecule has 0 N–H and O–H groups in total. The molecule has 3 rings (SSSR count). The highest BCUT2D eigenvalue weighted by molar-refractivity contribution is 5.38. The van der Waals surface area contributed by atoms with E-state index in [0.717, 1.165) is 6.42 Å². The van der Waals surface area contributed by atoms with Crippen LogP contribution in [0, 0.1) is 16.7 Å². The molecule has 0 nitrogen and oxygen atoms in total. The van der Waals surface area contributed by atoms with Gasteiger partial charge in [-0.15, -0.1) is 0 Å². The van der Waals surface area contributed by atoms with Crippen molar-refractivity contribution >= 4 is 0 Å². The topological polar surface area (TPSA) is 0 Å². The van der Waals surface area contributed by atoms with Crippen molar-refractivity contribution in [2.45, 2.75) is 79.6 Å². The van der Waals surface area contributed by atoms with Crippen LogP contribution in [0.4, 0.5) is 0 Å². The quantitative estimate of drug-likeness (QED) is 0.294. The fourth-order valence-electron chi connectivity index (χ4n) is 5.62. The fourth-order valence-corrected chi connectivity index (χ4v) is 5.62. The van der Waals surface area contributed by atoms with Gasteiger partial charge >= 0.3 is 0 Å². The predicted molar refractivity (Wildman–Crippen MR) is 145 cm³/mol. The van der Waals surface area contributed by atoms with Gasteiger partial charge in [-0.2, -0.15) is 0 Å². The average molecular weight is 441 g/mol. The van der Waals surface area contributed by atoms with E-state index in [1.165, 1.54) is 35.1 Å². The normalized spacial score (nSPS) is 15.1. The van der Waals surface area contributed by atoms with E-state index < -0.39 is 0 Å². The Labute approximate surface area is 203 Å². The molecular weight excluding hydrogens is 396 g/mol. The maximum absolute atomic E-state index is 2.50. The van der Waals surface area contributed by atoms with E-state index in [1.54, 1.807) is 0 Å². The average Bonchev–Trinajstić information content (AvgIpc) is 2.83. The van der Waals surface area contributed by atoms with Crippen molar-refractivity contribution in [3.8, 4) is 0 Å². The molecule has 3 aromatic carbocycles. The van der Waals surface area contributed by atoms with Gasteiger partial charge in [0.1, 0.15) is 0 Å². The summed E-state index contributed by atoms with van der Waals surface area (Å²) in [5.41, 5.74) is 5.99. The van der Waals surface area contributed by atoms with E-state index in [0.29, 0.717) is 17.8 Å². The zero-order valence-corrected chi connectivity index (χ0v) is 21.9. The van der Waals surface area contributed by atoms with Crippen LogP contribution in [0.2, 0.25) is 0 Å². The minimum Gasteiger partial charge on any atom is -0.0651 e. The zero-order valence-electron chi connectivity index (χ0n) is 21.9. The summed E-state index contributed by atoms with van der Waals surface area (Å²) in [5.74, 6) is 1.44. The Kier molecular flexibility index (Phi) is 8.22. The molecule has 0 aliphatic carbocycles. The van der Waals surface area contributed by atoms with Crippen LogP contribution in [0.15, 0.2) is 84.9 Å². The van der Waals surface area contributed by atoms with Gasteiger partial charge in [-0.3, -0.25) is 0 Å². The molecule has 0 bridgehead atoms. The van der Waals surface area contributed by atoms with Crippen molar-refractivity contribution in [3.63, 3.8) is 0 Å². The second-order valence-corrected chi connectivity index (χ2v) is 11.2. The maximum atomic E-state index is 2.50. The lowest BCUT2D eigenvalue weighted by Crippen LogP contribution is -2.35. The first kappa shape index (κ1) is 25.3. The van der Waals surface area contributed by atoms with Crippen LogP contribution in [-0.2, 0) is 6.42 Å². The van der Waals surface area contributed by atoms with Gasteiger partial charge in [-0.05, 0) is 57.8 Å². The third-order valence-electron chi connectivity index (χ3n) is 8.37. The van der Waals surface area contributed by atoms with Gasteiger partial charge < -0.3 is 0 Å². The highest BCUT2D eigenvalue weighted by Crippen LogP contribution is 2.54. The van der Waals surface area contributed by atoms with Crippen LogP contribution >= 0.6 is 0 Å². The molecule has 33 heavy (non-hydrogen) atoms. The summed E-state index contributed by atoms with van der Waals surface area (Å²) >= 11 is 0. The van der Waals surface area contributed by atoms with E-state index in [-0.39, 0.29) is 10.8 Å². The molecule has 0 spiro atoms. The highest BCUT2D eigenvalue weighted by atomic mass is 14.5. The first-order valence-corrected chi connectivity index (χ1v) is 12.9. The SMILES string of the molecule is CCc1ccc(C(c2ccccc2)C(C)(C)C(CC(C)(C)C(C)CC)c2ccccc2)cc1. The Bertz CT molecular complexity index is 964. The smallest absolute Gasteiger partial charge is 0.0146 e. The number of benzene rings is 3. The molecule has 0 heteroatoms. The van der Waals surface area contributed by atoms with Crippen LogP contribution in [0.1, 0.15) is 95.4 Å². The molecule has 3 unspecified atom stereocenters. The lowest BCUT2D eigenvalue weighted by atomic mass is 9.58. The first-order valence-electron chi connectivity index (χ1n) is 12.9. The Balaban J connectivity index is 2.15. The lowest BCUT2D eigenvalue weighted by molar-refractivity contribution is 0.131. The summed E-state index contributed by atoms with van der Waals surface area (Å²) in [7, 11) is 0. The van der Waals surface area contributed by atoms with Crippen LogP contribution in [0.5, 0.6) is 0 Å². The van der Waals surface area contributed by atoms with Crippen molar-refractivity contribution in [3.05, 3.63) is 107 Å². The van der Waals surface area contributed by atoms with E-state index in [2.05, 4.69) is 133 Å². The molecule has 0 heterocycles. The van der Waals surface area contributed by atoms with Gasteiger partial charge in [-0.1, -0.05) is 140 Å². The summed E-state index contributed by atoms with van der Waals surface area (Å²) in [6.07, 6.45) is 3.47. The van der Waals surface area contributed by atoms with Crippen molar-refractivity contribution in [1.82, 2.24) is 0 Å². The highest BCUT2D eigenvalue weighted by Gasteiger charge is 2.43. The summed E-state index contributed by atoms with van der Waals surface area (Å²) in [5, 5.41) is 0. The third-order valence-corrected chi connectivity index (χ3v) is 8.37. The van der Waals surface area contributed by atoms with Crippen molar-refractivity contribution < 1.29 is 0 Å². The van der Waals surface area contributed by atoms with E-state index in [4.69, 9.17) is 0 Å². The molecule has 3 aromatic rings. The van der Waals surface area contributed by atoms with Gasteiger partial charge in [0.05, 0.1) is 0 Å². The van der Waals surface area contributed by atoms with Crippen LogP contribution in [0.3, 0.4) is 0 Å². The number of hydrogen-bond donors (Lipinski definition) is 0. The van der Waals surface area contributed by atoms with Gasteiger partial charge in [-0.25, -0.2) is 0 Å². The minimum atomic E-state index is 0.0289.